The average molecular weight is 276 g/mol. The van der Waals surface area contributed by atoms with Gasteiger partial charge in [0, 0.05) is 25.7 Å². The summed E-state index contributed by atoms with van der Waals surface area (Å²) in [5, 5.41) is 9.72. The number of aliphatic hydroxyl groups excluding tert-OH is 1. The molecule has 0 aliphatic rings. The highest BCUT2D eigenvalue weighted by molar-refractivity contribution is 6.30. The Bertz CT molecular complexity index is 428. The van der Waals surface area contributed by atoms with Gasteiger partial charge < -0.3 is 14.7 Å². The van der Waals surface area contributed by atoms with E-state index in [1.54, 1.807) is 0 Å². The Morgan fingerprint density at radius 1 is 1.61 bits per heavy atom. The van der Waals surface area contributed by atoms with Crippen molar-refractivity contribution in [2.45, 2.75) is 6.10 Å². The van der Waals surface area contributed by atoms with Gasteiger partial charge in [-0.25, -0.2) is 4.39 Å². The minimum Gasteiger partial charge on any atom is -0.389 e. The predicted octanol–water partition coefficient (Wildman–Crippen LogP) is 1.56. The second kappa shape index (κ2) is 6.68. The SMILES string of the molecule is COCC(O)CN(C)C(=O)c1ccc(Cl)cc1F. The Balaban J connectivity index is 2.74. The van der Waals surface area contributed by atoms with Crippen molar-refractivity contribution < 1.29 is 19.0 Å². The molecule has 0 bridgehead atoms. The number of rotatable bonds is 5. The Kier molecular flexibility index (Phi) is 5.53. The van der Waals surface area contributed by atoms with Crippen molar-refractivity contribution in [1.29, 1.82) is 0 Å². The molecule has 0 heterocycles. The molecule has 6 heteroatoms. The van der Waals surface area contributed by atoms with Crippen LogP contribution in [0.1, 0.15) is 10.4 Å². The second-order valence-electron chi connectivity index (χ2n) is 3.92. The van der Waals surface area contributed by atoms with Gasteiger partial charge in [-0.3, -0.25) is 4.79 Å². The third-order valence-electron chi connectivity index (χ3n) is 2.35. The van der Waals surface area contributed by atoms with Crippen molar-refractivity contribution in [2.24, 2.45) is 0 Å². The maximum atomic E-state index is 13.5. The van der Waals surface area contributed by atoms with Crippen LogP contribution in [0.2, 0.25) is 5.02 Å². The van der Waals surface area contributed by atoms with E-state index in [9.17, 15) is 14.3 Å². The smallest absolute Gasteiger partial charge is 0.256 e. The van der Waals surface area contributed by atoms with Gasteiger partial charge in [0.2, 0.25) is 0 Å². The average Bonchev–Trinajstić information content (AvgIpc) is 2.28. The predicted molar refractivity (Wildman–Crippen MR) is 66.3 cm³/mol. The third-order valence-corrected chi connectivity index (χ3v) is 2.59. The fraction of sp³-hybridized carbons (Fsp3) is 0.417. The topological polar surface area (TPSA) is 49.8 Å². The molecule has 100 valence electrons. The molecule has 1 aromatic carbocycles. The van der Waals surface area contributed by atoms with Crippen molar-refractivity contribution in [1.82, 2.24) is 4.90 Å². The molecular formula is C12H15ClFNO3. The number of aliphatic hydroxyl groups is 1. The van der Waals surface area contributed by atoms with E-state index in [-0.39, 0.29) is 23.7 Å². The van der Waals surface area contributed by atoms with E-state index in [2.05, 4.69) is 0 Å². The summed E-state index contributed by atoms with van der Waals surface area (Å²) in [6.07, 6.45) is -0.806. The quantitative estimate of drug-likeness (QED) is 0.887. The number of methoxy groups -OCH3 is 1. The molecule has 0 saturated carbocycles. The number of ether oxygens (including phenoxy) is 1. The standard InChI is InChI=1S/C12H15ClFNO3/c1-15(6-9(16)7-18-2)12(17)10-4-3-8(13)5-11(10)14/h3-5,9,16H,6-7H2,1-2H3. The summed E-state index contributed by atoms with van der Waals surface area (Å²) in [7, 11) is 2.93. The van der Waals surface area contributed by atoms with Gasteiger partial charge in [-0.1, -0.05) is 11.6 Å². The molecular weight excluding hydrogens is 261 g/mol. The first kappa shape index (κ1) is 14.9. The molecule has 0 fully saturated rings. The summed E-state index contributed by atoms with van der Waals surface area (Å²) >= 11 is 5.61. The summed E-state index contributed by atoms with van der Waals surface area (Å²) in [5.41, 5.74) is -0.0773. The van der Waals surface area contributed by atoms with Gasteiger partial charge in [0.15, 0.2) is 0 Å². The lowest BCUT2D eigenvalue weighted by atomic mass is 10.2. The highest BCUT2D eigenvalue weighted by atomic mass is 35.5. The fourth-order valence-electron chi connectivity index (χ4n) is 1.51. The van der Waals surface area contributed by atoms with Crippen molar-refractivity contribution in [3.8, 4) is 0 Å². The number of carbonyl (C=O) groups is 1. The zero-order valence-electron chi connectivity index (χ0n) is 10.2. The van der Waals surface area contributed by atoms with Crippen LogP contribution in [0, 0.1) is 5.82 Å². The molecule has 0 saturated heterocycles. The van der Waals surface area contributed by atoms with E-state index in [1.165, 1.54) is 31.2 Å². The zero-order chi connectivity index (χ0) is 13.7. The van der Waals surface area contributed by atoms with Gasteiger partial charge in [0.25, 0.3) is 5.91 Å². The molecule has 0 aromatic heterocycles. The molecule has 0 aliphatic carbocycles. The van der Waals surface area contributed by atoms with E-state index in [0.717, 1.165) is 6.07 Å². The van der Waals surface area contributed by atoms with Gasteiger partial charge >= 0.3 is 0 Å². The summed E-state index contributed by atoms with van der Waals surface area (Å²) < 4.78 is 18.3. The van der Waals surface area contributed by atoms with Crippen molar-refractivity contribution >= 4 is 17.5 Å². The Morgan fingerprint density at radius 3 is 2.83 bits per heavy atom. The van der Waals surface area contributed by atoms with Crippen LogP contribution < -0.4 is 0 Å². The molecule has 1 rings (SSSR count). The minimum atomic E-state index is -0.806. The van der Waals surface area contributed by atoms with E-state index in [4.69, 9.17) is 16.3 Å². The molecule has 0 spiro atoms. The highest BCUT2D eigenvalue weighted by Crippen LogP contribution is 2.16. The van der Waals surface area contributed by atoms with Gasteiger partial charge in [0.05, 0.1) is 18.3 Å². The van der Waals surface area contributed by atoms with E-state index in [1.807, 2.05) is 0 Å². The Hall–Kier alpha value is -1.17. The van der Waals surface area contributed by atoms with Crippen LogP contribution in [0.3, 0.4) is 0 Å². The molecule has 1 amide bonds. The molecule has 1 atom stereocenters. The number of amides is 1. The van der Waals surface area contributed by atoms with Crippen molar-refractivity contribution in [2.75, 3.05) is 27.3 Å². The lowest BCUT2D eigenvalue weighted by Gasteiger charge is -2.20. The first-order valence-electron chi connectivity index (χ1n) is 5.33. The summed E-state index contributed by atoms with van der Waals surface area (Å²) in [5.74, 6) is -1.19. The van der Waals surface area contributed by atoms with E-state index >= 15 is 0 Å². The third kappa shape index (κ3) is 3.94. The van der Waals surface area contributed by atoms with Gasteiger partial charge in [0.1, 0.15) is 5.82 Å². The van der Waals surface area contributed by atoms with Crippen LogP contribution in [0.25, 0.3) is 0 Å². The number of likely N-dealkylation sites (N-methyl/N-ethyl adjacent to an activating group) is 1. The number of carbonyl (C=O) groups excluding carboxylic acids is 1. The molecule has 1 aromatic rings. The number of benzene rings is 1. The monoisotopic (exact) mass is 275 g/mol. The first-order valence-corrected chi connectivity index (χ1v) is 5.71. The maximum Gasteiger partial charge on any atom is 0.256 e. The molecule has 4 nitrogen and oxygen atoms in total. The van der Waals surface area contributed by atoms with E-state index in [0.29, 0.717) is 0 Å². The van der Waals surface area contributed by atoms with Gasteiger partial charge in [-0.15, -0.1) is 0 Å². The number of hydrogen-bond acceptors (Lipinski definition) is 3. The number of halogens is 2. The van der Waals surface area contributed by atoms with Crippen LogP contribution in [0.4, 0.5) is 4.39 Å². The zero-order valence-corrected chi connectivity index (χ0v) is 10.9. The summed E-state index contributed by atoms with van der Waals surface area (Å²) in [6.45, 7) is 0.176. The molecule has 0 aliphatic heterocycles. The van der Waals surface area contributed by atoms with Crippen LogP contribution in [0.15, 0.2) is 18.2 Å². The number of hydrogen-bond donors (Lipinski definition) is 1. The highest BCUT2D eigenvalue weighted by Gasteiger charge is 2.18. The van der Waals surface area contributed by atoms with Gasteiger partial charge in [-0.2, -0.15) is 0 Å². The molecule has 1 unspecified atom stereocenters. The summed E-state index contributed by atoms with van der Waals surface area (Å²) in [6, 6.07) is 3.84. The van der Waals surface area contributed by atoms with Crippen molar-refractivity contribution in [3.05, 3.63) is 34.6 Å². The Labute approximate surface area is 110 Å². The van der Waals surface area contributed by atoms with Gasteiger partial charge in [-0.05, 0) is 18.2 Å². The fourth-order valence-corrected chi connectivity index (χ4v) is 1.67. The van der Waals surface area contributed by atoms with Crippen LogP contribution in [-0.2, 0) is 4.74 Å². The maximum absolute atomic E-state index is 13.5. The first-order chi connectivity index (χ1) is 8.45. The molecule has 1 N–H and O–H groups in total. The Morgan fingerprint density at radius 2 is 2.28 bits per heavy atom. The summed E-state index contributed by atoms with van der Waals surface area (Å²) in [4.78, 5) is 13.1. The van der Waals surface area contributed by atoms with Crippen LogP contribution in [-0.4, -0.2) is 49.3 Å². The lowest BCUT2D eigenvalue weighted by Crippen LogP contribution is -2.36. The second-order valence-corrected chi connectivity index (χ2v) is 4.36. The molecule has 18 heavy (non-hydrogen) atoms. The van der Waals surface area contributed by atoms with E-state index < -0.39 is 17.8 Å². The molecule has 0 radical (unpaired) electrons. The van der Waals surface area contributed by atoms with Crippen LogP contribution in [0.5, 0.6) is 0 Å². The van der Waals surface area contributed by atoms with Crippen molar-refractivity contribution in [3.63, 3.8) is 0 Å². The minimum absolute atomic E-state index is 0.0642. The number of nitrogens with zero attached hydrogens (tertiary/aromatic N) is 1. The normalized spacial score (nSPS) is 12.3. The lowest BCUT2D eigenvalue weighted by molar-refractivity contribution is 0.0378. The largest absolute Gasteiger partial charge is 0.389 e. The van der Waals surface area contributed by atoms with Crippen LogP contribution >= 0.6 is 11.6 Å².